The third kappa shape index (κ3) is 3.97. The van der Waals surface area contributed by atoms with Gasteiger partial charge < -0.3 is 0 Å². The van der Waals surface area contributed by atoms with Crippen LogP contribution in [-0.2, 0) is 12.8 Å². The first-order chi connectivity index (χ1) is 9.60. The molecule has 108 valence electrons. The highest BCUT2D eigenvalue weighted by molar-refractivity contribution is 6.30. The lowest BCUT2D eigenvalue weighted by atomic mass is 9.97. The maximum atomic E-state index is 6.12. The van der Waals surface area contributed by atoms with Crippen LogP contribution in [0.4, 0.5) is 0 Å². The molecule has 0 saturated heterocycles. The van der Waals surface area contributed by atoms with E-state index in [-0.39, 0.29) is 0 Å². The minimum absolute atomic E-state index is 0.314. The van der Waals surface area contributed by atoms with Gasteiger partial charge in [-0.2, -0.15) is 5.10 Å². The van der Waals surface area contributed by atoms with E-state index < -0.39 is 0 Å². The molecule has 0 N–H and O–H groups in total. The van der Waals surface area contributed by atoms with E-state index in [0.717, 1.165) is 23.7 Å². The molecule has 0 fully saturated rings. The van der Waals surface area contributed by atoms with Crippen molar-refractivity contribution < 1.29 is 0 Å². The monoisotopic (exact) mass is 311 g/mol. The van der Waals surface area contributed by atoms with E-state index in [1.54, 1.807) is 6.33 Å². The largest absolute Gasteiger partial charge is 0.248 e. The number of hydrogen-bond acceptors (Lipinski definition) is 2. The SMILES string of the molecule is CC(C)n1ncnc1CC(CCl)Cc1cccc(Cl)c1. The lowest BCUT2D eigenvalue weighted by molar-refractivity contribution is 0.472. The maximum absolute atomic E-state index is 6.12. The van der Waals surface area contributed by atoms with Crippen molar-refractivity contribution in [3.05, 3.63) is 47.0 Å². The molecule has 0 bridgehead atoms. The first-order valence-electron chi connectivity index (χ1n) is 6.79. The Morgan fingerprint density at radius 2 is 2.05 bits per heavy atom. The van der Waals surface area contributed by atoms with Crippen molar-refractivity contribution in [1.29, 1.82) is 0 Å². The van der Waals surface area contributed by atoms with Gasteiger partial charge in [0.05, 0.1) is 0 Å². The summed E-state index contributed by atoms with van der Waals surface area (Å²) >= 11 is 12.1. The second kappa shape index (κ2) is 7.09. The van der Waals surface area contributed by atoms with Gasteiger partial charge in [-0.05, 0) is 43.9 Å². The number of hydrogen-bond donors (Lipinski definition) is 0. The zero-order chi connectivity index (χ0) is 14.5. The molecule has 0 radical (unpaired) electrons. The molecule has 1 aromatic carbocycles. The van der Waals surface area contributed by atoms with Gasteiger partial charge in [0.1, 0.15) is 12.2 Å². The first-order valence-corrected chi connectivity index (χ1v) is 7.70. The van der Waals surface area contributed by atoms with Crippen LogP contribution in [0.2, 0.25) is 5.02 Å². The van der Waals surface area contributed by atoms with Gasteiger partial charge in [-0.25, -0.2) is 9.67 Å². The number of halogens is 2. The molecule has 1 unspecified atom stereocenters. The number of alkyl halides is 1. The van der Waals surface area contributed by atoms with Crippen molar-refractivity contribution in [1.82, 2.24) is 14.8 Å². The fourth-order valence-corrected chi connectivity index (χ4v) is 2.72. The Balaban J connectivity index is 2.07. The summed E-state index contributed by atoms with van der Waals surface area (Å²) in [5.41, 5.74) is 1.21. The molecule has 1 atom stereocenters. The molecule has 0 aliphatic heterocycles. The van der Waals surface area contributed by atoms with Gasteiger partial charge in [0.2, 0.25) is 0 Å². The molecular formula is C15H19Cl2N3. The summed E-state index contributed by atoms with van der Waals surface area (Å²) in [5.74, 6) is 1.92. The molecule has 2 rings (SSSR count). The van der Waals surface area contributed by atoms with Crippen molar-refractivity contribution in [3.8, 4) is 0 Å². The Hall–Kier alpha value is -1.06. The van der Waals surface area contributed by atoms with Gasteiger partial charge in [0.25, 0.3) is 0 Å². The molecule has 0 saturated carbocycles. The Kier molecular flexibility index (Phi) is 5.44. The fraction of sp³-hybridized carbons (Fsp3) is 0.467. The van der Waals surface area contributed by atoms with Gasteiger partial charge in [-0.3, -0.25) is 0 Å². The smallest absolute Gasteiger partial charge is 0.138 e. The molecule has 0 aliphatic rings. The lowest BCUT2D eigenvalue weighted by Gasteiger charge is -2.16. The van der Waals surface area contributed by atoms with Crippen molar-refractivity contribution in [2.75, 3.05) is 5.88 Å². The van der Waals surface area contributed by atoms with Crippen molar-refractivity contribution in [2.24, 2.45) is 5.92 Å². The predicted molar refractivity (Wildman–Crippen MR) is 83.5 cm³/mol. The van der Waals surface area contributed by atoms with Crippen molar-refractivity contribution in [2.45, 2.75) is 32.7 Å². The van der Waals surface area contributed by atoms with Crippen LogP contribution in [0.3, 0.4) is 0 Å². The predicted octanol–water partition coefficient (Wildman–Crippen LogP) is 4.15. The number of nitrogens with zero attached hydrogens (tertiary/aromatic N) is 3. The highest BCUT2D eigenvalue weighted by Crippen LogP contribution is 2.19. The van der Waals surface area contributed by atoms with Gasteiger partial charge >= 0.3 is 0 Å². The summed E-state index contributed by atoms with van der Waals surface area (Å²) < 4.78 is 1.96. The third-order valence-electron chi connectivity index (χ3n) is 3.24. The highest BCUT2D eigenvalue weighted by atomic mass is 35.5. The first kappa shape index (κ1) is 15.3. The quantitative estimate of drug-likeness (QED) is 0.750. The number of aromatic nitrogens is 3. The standard InChI is InChI=1S/C15H19Cl2N3/c1-11(2)20-15(18-10-19-20)8-13(9-16)6-12-4-3-5-14(17)7-12/h3-5,7,10-11,13H,6,8-9H2,1-2H3. The lowest BCUT2D eigenvalue weighted by Crippen LogP contribution is -2.16. The van der Waals surface area contributed by atoms with Gasteiger partial charge in [0.15, 0.2) is 0 Å². The molecular weight excluding hydrogens is 293 g/mol. The average molecular weight is 312 g/mol. The Morgan fingerprint density at radius 3 is 2.70 bits per heavy atom. The van der Waals surface area contributed by atoms with E-state index in [1.807, 2.05) is 22.9 Å². The Morgan fingerprint density at radius 1 is 1.25 bits per heavy atom. The van der Waals surface area contributed by atoms with E-state index in [2.05, 4.69) is 30.0 Å². The minimum Gasteiger partial charge on any atom is -0.248 e. The summed E-state index contributed by atoms with van der Waals surface area (Å²) in [5, 5.41) is 5.03. The van der Waals surface area contributed by atoms with Gasteiger partial charge in [-0.15, -0.1) is 11.6 Å². The summed E-state index contributed by atoms with van der Waals surface area (Å²) in [6, 6.07) is 8.25. The molecule has 3 nitrogen and oxygen atoms in total. The average Bonchev–Trinajstić information content (AvgIpc) is 2.86. The maximum Gasteiger partial charge on any atom is 0.138 e. The van der Waals surface area contributed by atoms with Crippen LogP contribution in [0.25, 0.3) is 0 Å². The van der Waals surface area contributed by atoms with Crippen LogP contribution in [0.15, 0.2) is 30.6 Å². The summed E-state index contributed by atoms with van der Waals surface area (Å²) in [4.78, 5) is 4.35. The molecule has 0 spiro atoms. The molecule has 0 amide bonds. The van der Waals surface area contributed by atoms with Crippen LogP contribution < -0.4 is 0 Å². The number of rotatable bonds is 6. The van der Waals surface area contributed by atoms with Crippen LogP contribution in [-0.4, -0.2) is 20.6 Å². The van der Waals surface area contributed by atoms with E-state index in [4.69, 9.17) is 23.2 Å². The Bertz CT molecular complexity index is 552. The molecule has 1 heterocycles. The molecule has 5 heteroatoms. The molecule has 1 aromatic heterocycles. The van der Waals surface area contributed by atoms with Crippen molar-refractivity contribution >= 4 is 23.2 Å². The molecule has 0 aliphatic carbocycles. The van der Waals surface area contributed by atoms with Crippen LogP contribution in [0, 0.1) is 5.92 Å². The van der Waals surface area contributed by atoms with Crippen LogP contribution in [0.1, 0.15) is 31.3 Å². The van der Waals surface area contributed by atoms with E-state index in [1.165, 1.54) is 5.56 Å². The molecule has 20 heavy (non-hydrogen) atoms. The van der Waals surface area contributed by atoms with Gasteiger partial charge in [-0.1, -0.05) is 23.7 Å². The summed E-state index contributed by atoms with van der Waals surface area (Å²) in [6.45, 7) is 4.20. The topological polar surface area (TPSA) is 30.7 Å². The second-order valence-electron chi connectivity index (χ2n) is 5.27. The summed E-state index contributed by atoms with van der Waals surface area (Å²) in [6.07, 6.45) is 3.34. The normalized spacial score (nSPS) is 12.8. The molecule has 2 aromatic rings. The van der Waals surface area contributed by atoms with Crippen molar-refractivity contribution in [3.63, 3.8) is 0 Å². The zero-order valence-corrected chi connectivity index (χ0v) is 13.3. The zero-order valence-electron chi connectivity index (χ0n) is 11.8. The van der Waals surface area contributed by atoms with Crippen LogP contribution in [0.5, 0.6) is 0 Å². The third-order valence-corrected chi connectivity index (χ3v) is 3.91. The van der Waals surface area contributed by atoms with Crippen LogP contribution >= 0.6 is 23.2 Å². The van der Waals surface area contributed by atoms with Gasteiger partial charge in [0, 0.05) is 23.4 Å². The van der Waals surface area contributed by atoms with E-state index in [9.17, 15) is 0 Å². The highest BCUT2D eigenvalue weighted by Gasteiger charge is 2.15. The second-order valence-corrected chi connectivity index (χ2v) is 6.02. The summed E-state index contributed by atoms with van der Waals surface area (Å²) in [7, 11) is 0. The minimum atomic E-state index is 0.314. The van der Waals surface area contributed by atoms with E-state index in [0.29, 0.717) is 17.8 Å². The number of benzene rings is 1. The van der Waals surface area contributed by atoms with E-state index >= 15 is 0 Å². The fourth-order valence-electron chi connectivity index (χ4n) is 2.29. The Labute approximate surface area is 129 Å².